The van der Waals surface area contributed by atoms with E-state index in [9.17, 15) is 9.59 Å². The van der Waals surface area contributed by atoms with Gasteiger partial charge in [0.25, 0.3) is 0 Å². The molecule has 2 atom stereocenters. The van der Waals surface area contributed by atoms with Gasteiger partial charge in [0.15, 0.2) is 5.78 Å². The number of fused-ring (bicyclic) bond motifs is 3. The number of benzene rings is 1. The fourth-order valence-corrected chi connectivity index (χ4v) is 4.06. The van der Waals surface area contributed by atoms with E-state index in [1.54, 1.807) is 13.2 Å². The van der Waals surface area contributed by atoms with Gasteiger partial charge in [-0.1, -0.05) is 32.9 Å². The van der Waals surface area contributed by atoms with E-state index in [4.69, 9.17) is 4.74 Å². The van der Waals surface area contributed by atoms with Crippen LogP contribution in [0.3, 0.4) is 0 Å². The molecule has 0 radical (unpaired) electrons. The Balaban J connectivity index is 2.27. The summed E-state index contributed by atoms with van der Waals surface area (Å²) < 4.78 is 5.33. The van der Waals surface area contributed by atoms with Crippen LogP contribution in [0, 0.1) is 11.3 Å². The first-order chi connectivity index (χ1) is 9.80. The van der Waals surface area contributed by atoms with E-state index in [0.29, 0.717) is 6.42 Å². The Morgan fingerprint density at radius 1 is 1.19 bits per heavy atom. The minimum absolute atomic E-state index is 0.0321. The third-order valence-corrected chi connectivity index (χ3v) is 5.12. The lowest BCUT2D eigenvalue weighted by molar-refractivity contribution is -0.138. The lowest BCUT2D eigenvalue weighted by Crippen LogP contribution is -2.54. The molecule has 0 N–H and O–H groups in total. The maximum absolute atomic E-state index is 12.7. The second kappa shape index (κ2) is 4.30. The number of ketones is 2. The molecule has 110 valence electrons. The number of hydrogen-bond donors (Lipinski definition) is 0. The Morgan fingerprint density at radius 3 is 2.57 bits per heavy atom. The average molecular weight is 284 g/mol. The summed E-state index contributed by atoms with van der Waals surface area (Å²) >= 11 is 0. The van der Waals surface area contributed by atoms with E-state index in [-0.39, 0.29) is 17.5 Å². The standard InChI is InChI=1S/C18H20O3/c1-17(2)15(20)7-8-18(3)13-10-12(21-4)6-5-11(13)9-14(19)16(17)18/h5-8,10,16H,9H2,1-4H3/t16?,18-/m1/s1. The second-order valence-electron chi connectivity index (χ2n) is 6.80. The van der Waals surface area contributed by atoms with Crippen LogP contribution in [-0.4, -0.2) is 18.7 Å². The van der Waals surface area contributed by atoms with Crippen molar-refractivity contribution in [1.29, 1.82) is 0 Å². The van der Waals surface area contributed by atoms with E-state index >= 15 is 0 Å². The number of carbonyl (C=O) groups excluding carboxylic acids is 2. The quantitative estimate of drug-likeness (QED) is 0.796. The summed E-state index contributed by atoms with van der Waals surface area (Å²) in [6, 6.07) is 5.86. The third-order valence-electron chi connectivity index (χ3n) is 5.12. The Hall–Kier alpha value is -1.90. The van der Waals surface area contributed by atoms with Crippen LogP contribution in [0.25, 0.3) is 0 Å². The SMILES string of the molecule is COc1ccc2c(c1)[C@@]1(C)C=CC(=O)C(C)(C)C1C(=O)C2. The molecule has 0 bridgehead atoms. The fraction of sp³-hybridized carbons (Fsp3) is 0.444. The highest BCUT2D eigenvalue weighted by molar-refractivity contribution is 6.02. The summed E-state index contributed by atoms with van der Waals surface area (Å²) in [6.45, 7) is 5.81. The summed E-state index contributed by atoms with van der Waals surface area (Å²) in [5, 5.41) is 0. The number of rotatable bonds is 1. The summed E-state index contributed by atoms with van der Waals surface area (Å²) in [7, 11) is 1.64. The zero-order chi connectivity index (χ0) is 15.4. The number of allylic oxidation sites excluding steroid dienone is 2. The van der Waals surface area contributed by atoms with Crippen molar-refractivity contribution in [3.63, 3.8) is 0 Å². The monoisotopic (exact) mass is 284 g/mol. The number of Topliss-reactive ketones (excluding diaryl/α,β-unsaturated/α-hetero) is 1. The van der Waals surface area contributed by atoms with E-state index < -0.39 is 10.8 Å². The normalized spacial score (nSPS) is 29.8. The van der Waals surface area contributed by atoms with Crippen molar-refractivity contribution in [2.45, 2.75) is 32.6 Å². The molecule has 0 amide bonds. The lowest BCUT2D eigenvalue weighted by Gasteiger charge is -2.49. The Morgan fingerprint density at radius 2 is 1.90 bits per heavy atom. The first-order valence-corrected chi connectivity index (χ1v) is 7.24. The van der Waals surface area contributed by atoms with Gasteiger partial charge in [-0.05, 0) is 29.3 Å². The smallest absolute Gasteiger partial charge is 0.161 e. The molecule has 0 saturated heterocycles. The molecule has 1 aromatic rings. The van der Waals surface area contributed by atoms with Gasteiger partial charge in [-0.3, -0.25) is 9.59 Å². The number of hydrogen-bond acceptors (Lipinski definition) is 3. The van der Waals surface area contributed by atoms with Crippen LogP contribution in [0.2, 0.25) is 0 Å². The van der Waals surface area contributed by atoms with Gasteiger partial charge in [0.05, 0.1) is 7.11 Å². The van der Waals surface area contributed by atoms with Crippen molar-refractivity contribution in [3.8, 4) is 5.75 Å². The molecular formula is C18H20O3. The number of methoxy groups -OCH3 is 1. The zero-order valence-corrected chi connectivity index (χ0v) is 12.9. The fourth-order valence-electron chi connectivity index (χ4n) is 4.06. The van der Waals surface area contributed by atoms with E-state index in [2.05, 4.69) is 6.92 Å². The molecule has 0 aliphatic heterocycles. The number of ether oxygens (including phenoxy) is 1. The average Bonchev–Trinajstić information content (AvgIpc) is 2.43. The maximum atomic E-state index is 12.7. The van der Waals surface area contributed by atoms with Gasteiger partial charge < -0.3 is 4.74 Å². The van der Waals surface area contributed by atoms with Crippen LogP contribution >= 0.6 is 0 Å². The van der Waals surface area contributed by atoms with E-state index in [0.717, 1.165) is 16.9 Å². The van der Waals surface area contributed by atoms with Gasteiger partial charge >= 0.3 is 0 Å². The van der Waals surface area contributed by atoms with E-state index in [1.165, 1.54) is 0 Å². The second-order valence-corrected chi connectivity index (χ2v) is 6.80. The molecule has 0 aromatic heterocycles. The lowest BCUT2D eigenvalue weighted by atomic mass is 9.52. The molecule has 1 aromatic carbocycles. The molecule has 1 unspecified atom stereocenters. The van der Waals surface area contributed by atoms with Crippen LogP contribution in [0.1, 0.15) is 31.9 Å². The minimum atomic E-state index is -0.665. The van der Waals surface area contributed by atoms with Gasteiger partial charge in [-0.15, -0.1) is 0 Å². The topological polar surface area (TPSA) is 43.4 Å². The Kier molecular flexibility index (Phi) is 2.88. The molecular weight excluding hydrogens is 264 g/mol. The Labute approximate surface area is 125 Å². The summed E-state index contributed by atoms with van der Waals surface area (Å²) in [4.78, 5) is 24.9. The predicted octanol–water partition coefficient (Wildman–Crippen LogP) is 2.86. The van der Waals surface area contributed by atoms with Gasteiger partial charge in [0.1, 0.15) is 11.5 Å². The van der Waals surface area contributed by atoms with Gasteiger partial charge in [-0.25, -0.2) is 0 Å². The summed E-state index contributed by atoms with van der Waals surface area (Å²) in [5.74, 6) is 0.649. The third kappa shape index (κ3) is 1.80. The molecule has 0 saturated carbocycles. The first kappa shape index (κ1) is 14.1. The largest absolute Gasteiger partial charge is 0.497 e. The summed E-state index contributed by atoms with van der Waals surface area (Å²) in [5.41, 5.74) is 1.02. The van der Waals surface area contributed by atoms with E-state index in [1.807, 2.05) is 38.1 Å². The molecule has 3 nitrogen and oxygen atoms in total. The van der Waals surface area contributed by atoms with Crippen molar-refractivity contribution >= 4 is 11.6 Å². The zero-order valence-electron chi connectivity index (χ0n) is 12.9. The van der Waals surface area contributed by atoms with Crippen molar-refractivity contribution in [2.24, 2.45) is 11.3 Å². The highest BCUT2D eigenvalue weighted by atomic mass is 16.5. The molecule has 0 heterocycles. The number of carbonyl (C=O) groups is 2. The predicted molar refractivity (Wildman–Crippen MR) is 80.5 cm³/mol. The van der Waals surface area contributed by atoms with Crippen molar-refractivity contribution in [1.82, 2.24) is 0 Å². The molecule has 2 aliphatic rings. The van der Waals surface area contributed by atoms with Gasteiger partial charge in [0.2, 0.25) is 0 Å². The van der Waals surface area contributed by atoms with Gasteiger partial charge in [-0.2, -0.15) is 0 Å². The van der Waals surface area contributed by atoms with Crippen LogP contribution < -0.4 is 4.74 Å². The molecule has 21 heavy (non-hydrogen) atoms. The van der Waals surface area contributed by atoms with Crippen molar-refractivity contribution in [2.75, 3.05) is 7.11 Å². The highest BCUT2D eigenvalue weighted by Crippen LogP contribution is 2.52. The molecule has 3 rings (SSSR count). The van der Waals surface area contributed by atoms with Crippen LogP contribution in [-0.2, 0) is 21.4 Å². The van der Waals surface area contributed by atoms with Crippen LogP contribution in [0.15, 0.2) is 30.4 Å². The van der Waals surface area contributed by atoms with Crippen LogP contribution in [0.5, 0.6) is 5.75 Å². The minimum Gasteiger partial charge on any atom is -0.497 e. The molecule has 2 aliphatic carbocycles. The molecule has 0 spiro atoms. The molecule has 0 fully saturated rings. The summed E-state index contributed by atoms with van der Waals surface area (Å²) in [6.07, 6.45) is 3.93. The van der Waals surface area contributed by atoms with Crippen LogP contribution in [0.4, 0.5) is 0 Å². The van der Waals surface area contributed by atoms with Gasteiger partial charge in [0, 0.05) is 23.2 Å². The maximum Gasteiger partial charge on any atom is 0.161 e. The van der Waals surface area contributed by atoms with Crippen molar-refractivity contribution in [3.05, 3.63) is 41.5 Å². The highest BCUT2D eigenvalue weighted by Gasteiger charge is 2.55. The van der Waals surface area contributed by atoms with Crippen molar-refractivity contribution < 1.29 is 14.3 Å². The first-order valence-electron chi connectivity index (χ1n) is 7.24. The Bertz CT molecular complexity index is 669. The molecule has 3 heteroatoms.